The second-order valence-electron chi connectivity index (χ2n) is 2.26. The van der Waals surface area contributed by atoms with Crippen LogP contribution in [0.5, 0.6) is 0 Å². The molecule has 3 amide bonds. The lowest BCUT2D eigenvalue weighted by Gasteiger charge is -2.25. The van der Waals surface area contributed by atoms with Crippen LogP contribution in [0.15, 0.2) is 0 Å². The summed E-state index contributed by atoms with van der Waals surface area (Å²) >= 11 is 0. The molecule has 0 aliphatic carbocycles. The molecule has 0 saturated carbocycles. The number of nitrogens with zero attached hydrogens (tertiary/aromatic N) is 1. The van der Waals surface area contributed by atoms with Gasteiger partial charge in [0.25, 0.3) is 0 Å². The molecule has 13 heavy (non-hydrogen) atoms. The smallest absolute Gasteiger partial charge is 0.364 e. The van der Waals surface area contributed by atoms with Gasteiger partial charge in [0.05, 0.1) is 4.92 Å². The minimum Gasteiger partial charge on any atom is -0.364 e. The van der Waals surface area contributed by atoms with Crippen molar-refractivity contribution in [2.75, 3.05) is 0 Å². The number of alkyl halides is 1. The quantitative estimate of drug-likeness (QED) is 0.255. The van der Waals surface area contributed by atoms with Crippen LogP contribution in [0.4, 0.5) is 9.18 Å². The molecule has 0 bridgehead atoms. The Bertz CT molecular complexity index is 294. The lowest BCUT2D eigenvalue weighted by Crippen LogP contribution is -2.69. The standard InChI is InChI=1S/C4H4FN3O5/c5-4(8(12)13)1(9)6-3(11)7-2(4)10/h1,9H,(H2,6,7,10,11). The van der Waals surface area contributed by atoms with Gasteiger partial charge >= 0.3 is 17.7 Å². The van der Waals surface area contributed by atoms with Crippen LogP contribution in [0, 0.1) is 10.1 Å². The SMILES string of the molecule is O=C1NC(=O)C(F)([N+](=O)[O-])C(O)N1. The molecule has 0 aromatic rings. The molecule has 2 unspecified atom stereocenters. The maximum Gasteiger partial charge on any atom is 0.480 e. The van der Waals surface area contributed by atoms with Crippen LogP contribution in [0.25, 0.3) is 0 Å². The highest BCUT2D eigenvalue weighted by atomic mass is 19.1. The fourth-order valence-corrected chi connectivity index (χ4v) is 0.754. The zero-order valence-corrected chi connectivity index (χ0v) is 5.98. The third-order valence-electron chi connectivity index (χ3n) is 1.44. The van der Waals surface area contributed by atoms with E-state index in [1.165, 1.54) is 10.6 Å². The summed E-state index contributed by atoms with van der Waals surface area (Å²) in [7, 11) is 0. The highest BCUT2D eigenvalue weighted by Crippen LogP contribution is 2.18. The molecule has 9 heteroatoms. The van der Waals surface area contributed by atoms with E-state index in [0.29, 0.717) is 0 Å². The second kappa shape index (κ2) is 2.62. The van der Waals surface area contributed by atoms with Crippen LogP contribution >= 0.6 is 0 Å². The average molecular weight is 193 g/mol. The monoisotopic (exact) mass is 193 g/mol. The van der Waals surface area contributed by atoms with Gasteiger partial charge < -0.3 is 10.4 Å². The third-order valence-corrected chi connectivity index (χ3v) is 1.44. The molecule has 1 aliphatic rings. The van der Waals surface area contributed by atoms with Crippen LogP contribution in [0.3, 0.4) is 0 Å². The molecular weight excluding hydrogens is 189 g/mol. The van der Waals surface area contributed by atoms with Gasteiger partial charge in [0, 0.05) is 0 Å². The van der Waals surface area contributed by atoms with Crippen molar-refractivity contribution < 1.29 is 24.0 Å². The Kier molecular flexibility index (Phi) is 1.88. The van der Waals surface area contributed by atoms with Crippen molar-refractivity contribution in [1.29, 1.82) is 0 Å². The number of nitrogens with one attached hydrogen (secondary N) is 2. The number of urea groups is 1. The number of aliphatic hydroxyl groups excluding tert-OH is 1. The van der Waals surface area contributed by atoms with Crippen LogP contribution in [-0.4, -0.2) is 34.0 Å². The van der Waals surface area contributed by atoms with Gasteiger partial charge in [-0.15, -0.1) is 0 Å². The van der Waals surface area contributed by atoms with Crippen LogP contribution in [0.1, 0.15) is 0 Å². The number of carbonyl (C=O) groups is 2. The summed E-state index contributed by atoms with van der Waals surface area (Å²) in [5.41, 5.74) is 0. The van der Waals surface area contributed by atoms with E-state index in [1.807, 2.05) is 0 Å². The van der Waals surface area contributed by atoms with Crippen molar-refractivity contribution >= 4 is 11.9 Å². The topological polar surface area (TPSA) is 122 Å². The summed E-state index contributed by atoms with van der Waals surface area (Å²) in [4.78, 5) is 29.5. The predicted octanol–water partition coefficient (Wildman–Crippen LogP) is -1.91. The summed E-state index contributed by atoms with van der Waals surface area (Å²) in [6.45, 7) is 0. The van der Waals surface area contributed by atoms with Gasteiger partial charge in [-0.3, -0.25) is 20.2 Å². The van der Waals surface area contributed by atoms with Crippen molar-refractivity contribution in [2.24, 2.45) is 0 Å². The Morgan fingerprint density at radius 3 is 2.54 bits per heavy atom. The minimum absolute atomic E-state index is 1.19. The van der Waals surface area contributed by atoms with Gasteiger partial charge in [-0.1, -0.05) is 0 Å². The number of nitro groups is 1. The van der Waals surface area contributed by atoms with Crippen LogP contribution in [-0.2, 0) is 4.79 Å². The zero-order valence-electron chi connectivity index (χ0n) is 5.98. The maximum absolute atomic E-state index is 13.1. The predicted molar refractivity (Wildman–Crippen MR) is 33.5 cm³/mol. The highest BCUT2D eigenvalue weighted by Gasteiger charge is 2.62. The van der Waals surface area contributed by atoms with E-state index in [9.17, 15) is 24.1 Å². The maximum atomic E-state index is 13.1. The van der Waals surface area contributed by atoms with Crippen LogP contribution < -0.4 is 10.6 Å². The molecule has 8 nitrogen and oxygen atoms in total. The Hall–Kier alpha value is -1.77. The van der Waals surface area contributed by atoms with Gasteiger partial charge in [-0.25, -0.2) is 4.79 Å². The molecule has 72 valence electrons. The second-order valence-corrected chi connectivity index (χ2v) is 2.26. The molecule has 1 heterocycles. The Morgan fingerprint density at radius 1 is 1.62 bits per heavy atom. The lowest BCUT2D eigenvalue weighted by atomic mass is 10.2. The number of hydrogen-bond acceptors (Lipinski definition) is 5. The molecule has 0 aromatic carbocycles. The number of hydrogen-bond donors (Lipinski definition) is 3. The van der Waals surface area contributed by atoms with E-state index in [-0.39, 0.29) is 0 Å². The molecule has 0 radical (unpaired) electrons. The molecule has 2 atom stereocenters. The Balaban J connectivity index is 3.03. The van der Waals surface area contributed by atoms with Crippen LogP contribution in [0.2, 0.25) is 0 Å². The fourth-order valence-electron chi connectivity index (χ4n) is 0.754. The van der Waals surface area contributed by atoms with E-state index in [2.05, 4.69) is 0 Å². The fraction of sp³-hybridized carbons (Fsp3) is 0.500. The molecule has 3 N–H and O–H groups in total. The first-order valence-electron chi connectivity index (χ1n) is 3.02. The molecule has 1 fully saturated rings. The van der Waals surface area contributed by atoms with Gasteiger partial charge in [-0.05, 0) is 0 Å². The highest BCUT2D eigenvalue weighted by molar-refractivity contribution is 6.00. The Labute approximate surface area is 69.9 Å². The molecule has 1 rings (SSSR count). The van der Waals surface area contributed by atoms with E-state index in [1.54, 1.807) is 0 Å². The lowest BCUT2D eigenvalue weighted by molar-refractivity contribution is -0.601. The van der Waals surface area contributed by atoms with Gasteiger partial charge in [0.15, 0.2) is 0 Å². The molecule has 1 aliphatic heterocycles. The van der Waals surface area contributed by atoms with E-state index in [0.717, 1.165) is 0 Å². The summed E-state index contributed by atoms with van der Waals surface area (Å²) in [6, 6.07) is -1.19. The average Bonchev–Trinajstić information content (AvgIpc) is 1.99. The van der Waals surface area contributed by atoms with Crippen molar-refractivity contribution in [3.63, 3.8) is 0 Å². The molecule has 1 saturated heterocycles. The van der Waals surface area contributed by atoms with Crippen molar-refractivity contribution in [3.05, 3.63) is 10.1 Å². The summed E-state index contributed by atoms with van der Waals surface area (Å²) in [5.74, 6) is -5.53. The van der Waals surface area contributed by atoms with E-state index < -0.39 is 28.9 Å². The molecule has 0 aromatic heterocycles. The Morgan fingerprint density at radius 2 is 2.15 bits per heavy atom. The number of aliphatic hydroxyl groups is 1. The van der Waals surface area contributed by atoms with Crippen molar-refractivity contribution in [2.45, 2.75) is 12.0 Å². The largest absolute Gasteiger partial charge is 0.480 e. The number of rotatable bonds is 1. The summed E-state index contributed by atoms with van der Waals surface area (Å²) < 4.78 is 13.1. The third kappa shape index (κ3) is 1.18. The van der Waals surface area contributed by atoms with E-state index >= 15 is 0 Å². The number of halogens is 1. The number of carbonyl (C=O) groups excluding carboxylic acids is 2. The van der Waals surface area contributed by atoms with Crippen molar-refractivity contribution in [1.82, 2.24) is 10.6 Å². The first-order chi connectivity index (χ1) is 5.89. The van der Waals surface area contributed by atoms with Crippen molar-refractivity contribution in [3.8, 4) is 0 Å². The number of amides is 3. The normalized spacial score (nSPS) is 33.5. The molecule has 0 spiro atoms. The summed E-state index contributed by atoms with van der Waals surface area (Å²) in [6.07, 6.45) is -2.48. The van der Waals surface area contributed by atoms with Gasteiger partial charge in [-0.2, -0.15) is 4.39 Å². The minimum atomic E-state index is -3.73. The number of imide groups is 1. The zero-order chi connectivity index (χ0) is 10.2. The van der Waals surface area contributed by atoms with Gasteiger partial charge in [0.2, 0.25) is 6.23 Å². The molecular formula is C4H4FN3O5. The van der Waals surface area contributed by atoms with Gasteiger partial charge in [0.1, 0.15) is 0 Å². The first kappa shape index (κ1) is 9.32. The first-order valence-corrected chi connectivity index (χ1v) is 3.02. The summed E-state index contributed by atoms with van der Waals surface area (Å²) in [5, 5.41) is 21.6. The van der Waals surface area contributed by atoms with E-state index in [4.69, 9.17) is 5.11 Å².